The van der Waals surface area contributed by atoms with Crippen molar-refractivity contribution in [2.75, 3.05) is 6.54 Å². The van der Waals surface area contributed by atoms with Crippen LogP contribution in [0.5, 0.6) is 0 Å². The van der Waals surface area contributed by atoms with Crippen LogP contribution in [-0.4, -0.2) is 6.54 Å². The van der Waals surface area contributed by atoms with Crippen molar-refractivity contribution in [3.8, 4) is 0 Å². The standard InChI is InChI=1S/C9H19N/c1-7(2)5-9-6-8(9)3-4-10/h7-9H,3-6,10H2,1-2H3. The first-order valence-electron chi connectivity index (χ1n) is 4.44. The molecule has 1 nitrogen and oxygen atoms in total. The van der Waals surface area contributed by atoms with Gasteiger partial charge in [-0.05, 0) is 43.6 Å². The molecule has 0 bridgehead atoms. The molecule has 2 N–H and O–H groups in total. The Hall–Kier alpha value is -0.0400. The van der Waals surface area contributed by atoms with Crippen LogP contribution in [0.2, 0.25) is 0 Å². The van der Waals surface area contributed by atoms with Crippen LogP contribution in [0.25, 0.3) is 0 Å². The molecule has 0 saturated heterocycles. The van der Waals surface area contributed by atoms with Gasteiger partial charge in [0.2, 0.25) is 0 Å². The molecular formula is C9H19N. The average Bonchev–Trinajstić information content (AvgIpc) is 2.47. The van der Waals surface area contributed by atoms with E-state index in [1.54, 1.807) is 0 Å². The lowest BCUT2D eigenvalue weighted by Crippen LogP contribution is -2.00. The topological polar surface area (TPSA) is 26.0 Å². The molecule has 1 rings (SSSR count). The van der Waals surface area contributed by atoms with E-state index in [-0.39, 0.29) is 0 Å². The molecule has 0 aromatic heterocycles. The van der Waals surface area contributed by atoms with Crippen LogP contribution in [0.1, 0.15) is 33.1 Å². The van der Waals surface area contributed by atoms with Crippen molar-refractivity contribution in [2.24, 2.45) is 23.5 Å². The zero-order valence-electron chi connectivity index (χ0n) is 7.14. The van der Waals surface area contributed by atoms with Gasteiger partial charge >= 0.3 is 0 Å². The van der Waals surface area contributed by atoms with Crippen molar-refractivity contribution < 1.29 is 0 Å². The Bertz CT molecular complexity index is 98.9. The maximum Gasteiger partial charge on any atom is -0.00745 e. The molecule has 1 heteroatoms. The Morgan fingerprint density at radius 1 is 1.40 bits per heavy atom. The van der Waals surface area contributed by atoms with Gasteiger partial charge in [-0.15, -0.1) is 0 Å². The summed E-state index contributed by atoms with van der Waals surface area (Å²) in [6, 6.07) is 0. The molecule has 1 aliphatic rings. The summed E-state index contributed by atoms with van der Waals surface area (Å²) in [7, 11) is 0. The summed E-state index contributed by atoms with van der Waals surface area (Å²) in [5.74, 6) is 2.91. The van der Waals surface area contributed by atoms with E-state index < -0.39 is 0 Å². The van der Waals surface area contributed by atoms with E-state index in [1.165, 1.54) is 19.3 Å². The molecular weight excluding hydrogens is 122 g/mol. The summed E-state index contributed by atoms with van der Waals surface area (Å²) < 4.78 is 0. The molecule has 0 spiro atoms. The molecule has 0 aliphatic heterocycles. The van der Waals surface area contributed by atoms with Gasteiger partial charge in [-0.25, -0.2) is 0 Å². The van der Waals surface area contributed by atoms with E-state index in [9.17, 15) is 0 Å². The molecule has 60 valence electrons. The van der Waals surface area contributed by atoms with Crippen LogP contribution in [0, 0.1) is 17.8 Å². The van der Waals surface area contributed by atoms with Crippen molar-refractivity contribution in [3.05, 3.63) is 0 Å². The van der Waals surface area contributed by atoms with Crippen LogP contribution in [0.3, 0.4) is 0 Å². The highest BCUT2D eigenvalue weighted by Crippen LogP contribution is 2.44. The minimum Gasteiger partial charge on any atom is -0.330 e. The highest BCUT2D eigenvalue weighted by Gasteiger charge is 2.35. The molecule has 0 radical (unpaired) electrons. The Morgan fingerprint density at radius 3 is 2.60 bits per heavy atom. The summed E-state index contributed by atoms with van der Waals surface area (Å²) in [6.45, 7) is 5.49. The van der Waals surface area contributed by atoms with E-state index in [4.69, 9.17) is 5.73 Å². The molecule has 1 saturated carbocycles. The zero-order valence-corrected chi connectivity index (χ0v) is 7.14. The molecule has 0 heterocycles. The van der Waals surface area contributed by atoms with Gasteiger partial charge < -0.3 is 5.73 Å². The monoisotopic (exact) mass is 141 g/mol. The summed E-state index contributed by atoms with van der Waals surface area (Å²) >= 11 is 0. The summed E-state index contributed by atoms with van der Waals surface area (Å²) in [5.41, 5.74) is 5.46. The molecule has 0 aromatic carbocycles. The largest absolute Gasteiger partial charge is 0.330 e. The Kier molecular flexibility index (Phi) is 2.72. The van der Waals surface area contributed by atoms with E-state index in [0.29, 0.717) is 0 Å². The molecule has 10 heavy (non-hydrogen) atoms. The number of hydrogen-bond acceptors (Lipinski definition) is 1. The van der Waals surface area contributed by atoms with Crippen molar-refractivity contribution in [2.45, 2.75) is 33.1 Å². The predicted molar refractivity (Wildman–Crippen MR) is 44.7 cm³/mol. The normalized spacial score (nSPS) is 31.2. The molecule has 2 atom stereocenters. The smallest absolute Gasteiger partial charge is 0.00745 e. The highest BCUT2D eigenvalue weighted by molar-refractivity contribution is 4.86. The van der Waals surface area contributed by atoms with Gasteiger partial charge in [0.05, 0.1) is 0 Å². The second-order valence-electron chi connectivity index (χ2n) is 3.96. The fourth-order valence-corrected chi connectivity index (χ4v) is 1.77. The van der Waals surface area contributed by atoms with Crippen LogP contribution in [0.15, 0.2) is 0 Å². The van der Waals surface area contributed by atoms with Gasteiger partial charge in [0.1, 0.15) is 0 Å². The van der Waals surface area contributed by atoms with Crippen molar-refractivity contribution in [1.29, 1.82) is 0 Å². The lowest BCUT2D eigenvalue weighted by molar-refractivity contribution is 0.504. The van der Waals surface area contributed by atoms with E-state index in [1.807, 2.05) is 0 Å². The second kappa shape index (κ2) is 3.38. The maximum absolute atomic E-state index is 5.46. The van der Waals surface area contributed by atoms with Crippen LogP contribution in [-0.2, 0) is 0 Å². The Labute approximate surface area is 64.0 Å². The third-order valence-corrected chi connectivity index (χ3v) is 2.38. The van der Waals surface area contributed by atoms with Gasteiger partial charge in [-0.2, -0.15) is 0 Å². The molecule has 1 fully saturated rings. The highest BCUT2D eigenvalue weighted by atomic mass is 14.5. The third-order valence-electron chi connectivity index (χ3n) is 2.38. The third kappa shape index (κ3) is 2.30. The summed E-state index contributed by atoms with van der Waals surface area (Å²) in [4.78, 5) is 0. The summed E-state index contributed by atoms with van der Waals surface area (Å²) in [5, 5.41) is 0. The van der Waals surface area contributed by atoms with Gasteiger partial charge in [0.15, 0.2) is 0 Å². The fraction of sp³-hybridized carbons (Fsp3) is 1.00. The minimum absolute atomic E-state index is 0.882. The van der Waals surface area contributed by atoms with Crippen molar-refractivity contribution in [1.82, 2.24) is 0 Å². The summed E-state index contributed by atoms with van der Waals surface area (Å²) in [6.07, 6.45) is 4.14. The van der Waals surface area contributed by atoms with Gasteiger partial charge in [-0.3, -0.25) is 0 Å². The van der Waals surface area contributed by atoms with Crippen LogP contribution in [0.4, 0.5) is 0 Å². The first-order chi connectivity index (χ1) is 4.74. The minimum atomic E-state index is 0.882. The average molecular weight is 141 g/mol. The predicted octanol–water partition coefficient (Wildman–Crippen LogP) is 2.02. The maximum atomic E-state index is 5.46. The van der Waals surface area contributed by atoms with Crippen LogP contribution >= 0.6 is 0 Å². The first-order valence-corrected chi connectivity index (χ1v) is 4.44. The second-order valence-corrected chi connectivity index (χ2v) is 3.96. The van der Waals surface area contributed by atoms with Gasteiger partial charge in [0.25, 0.3) is 0 Å². The molecule has 0 aromatic rings. The van der Waals surface area contributed by atoms with E-state index >= 15 is 0 Å². The number of nitrogens with two attached hydrogens (primary N) is 1. The fourth-order valence-electron chi connectivity index (χ4n) is 1.77. The van der Waals surface area contributed by atoms with Crippen molar-refractivity contribution in [3.63, 3.8) is 0 Å². The Balaban J connectivity index is 2.02. The number of hydrogen-bond donors (Lipinski definition) is 1. The lowest BCUT2D eigenvalue weighted by Gasteiger charge is -2.01. The van der Waals surface area contributed by atoms with E-state index in [0.717, 1.165) is 24.3 Å². The first kappa shape index (κ1) is 8.06. The lowest BCUT2D eigenvalue weighted by atomic mass is 10.1. The van der Waals surface area contributed by atoms with Gasteiger partial charge in [-0.1, -0.05) is 13.8 Å². The SMILES string of the molecule is CC(C)CC1CC1CCN. The molecule has 1 aliphatic carbocycles. The van der Waals surface area contributed by atoms with Crippen molar-refractivity contribution >= 4 is 0 Å². The Morgan fingerprint density at radius 2 is 2.10 bits per heavy atom. The number of rotatable bonds is 4. The molecule has 0 amide bonds. The molecule has 2 unspecified atom stereocenters. The zero-order chi connectivity index (χ0) is 7.56. The van der Waals surface area contributed by atoms with Gasteiger partial charge in [0, 0.05) is 0 Å². The van der Waals surface area contributed by atoms with Crippen LogP contribution < -0.4 is 5.73 Å². The van der Waals surface area contributed by atoms with E-state index in [2.05, 4.69) is 13.8 Å². The quantitative estimate of drug-likeness (QED) is 0.637.